The summed E-state index contributed by atoms with van der Waals surface area (Å²) in [6, 6.07) is 4.68. The van der Waals surface area contributed by atoms with Crippen LogP contribution in [-0.4, -0.2) is 18.1 Å². The zero-order valence-electron chi connectivity index (χ0n) is 9.66. The lowest BCUT2D eigenvalue weighted by Gasteiger charge is -2.15. The van der Waals surface area contributed by atoms with Crippen molar-refractivity contribution in [2.24, 2.45) is 0 Å². The number of aromatic nitrogens is 1. The van der Waals surface area contributed by atoms with Gasteiger partial charge in [0.05, 0.1) is 0 Å². The van der Waals surface area contributed by atoms with Crippen LogP contribution in [0.5, 0.6) is 0 Å². The molecule has 0 saturated carbocycles. The van der Waals surface area contributed by atoms with Crippen molar-refractivity contribution in [1.29, 1.82) is 0 Å². The maximum atomic E-state index is 4.02. The summed E-state index contributed by atoms with van der Waals surface area (Å²) < 4.78 is 0. The van der Waals surface area contributed by atoms with Crippen molar-refractivity contribution in [3.8, 4) is 0 Å². The normalized spacial score (nSPS) is 12.4. The molecular weight excluding hydrogens is 184 g/mol. The molecule has 0 aliphatic rings. The Hall–Kier alpha value is -1.15. The number of nitrogens with zero attached hydrogens (tertiary/aromatic N) is 1. The van der Waals surface area contributed by atoms with E-state index in [1.807, 2.05) is 19.4 Å². The van der Waals surface area contributed by atoms with E-state index in [2.05, 4.69) is 35.9 Å². The van der Waals surface area contributed by atoms with Crippen molar-refractivity contribution in [2.75, 3.05) is 7.05 Å². The van der Waals surface area contributed by atoms with Crippen LogP contribution in [0.1, 0.15) is 25.3 Å². The number of rotatable bonds is 6. The summed E-state index contributed by atoms with van der Waals surface area (Å²) in [5.41, 5.74) is 2.59. The Balaban J connectivity index is 2.43. The Bertz CT molecular complexity index is 293. The molecule has 2 heteroatoms. The van der Waals surface area contributed by atoms with Gasteiger partial charge in [0.25, 0.3) is 0 Å². The zero-order chi connectivity index (χ0) is 11.1. The SMILES string of the molecule is C=C(C)CCC(Cc1ccncc1)NC. The molecule has 0 amide bonds. The second-order valence-corrected chi connectivity index (χ2v) is 4.04. The highest BCUT2D eigenvalue weighted by Crippen LogP contribution is 2.09. The van der Waals surface area contributed by atoms with Crippen LogP contribution in [0, 0.1) is 0 Å². The van der Waals surface area contributed by atoms with E-state index in [0.717, 1.165) is 19.3 Å². The molecule has 0 aromatic carbocycles. The quantitative estimate of drug-likeness (QED) is 0.720. The molecule has 0 fully saturated rings. The molecule has 0 spiro atoms. The fourth-order valence-electron chi connectivity index (χ4n) is 1.57. The van der Waals surface area contributed by atoms with Crippen molar-refractivity contribution in [2.45, 2.75) is 32.2 Å². The van der Waals surface area contributed by atoms with Crippen LogP contribution in [0.25, 0.3) is 0 Å². The van der Waals surface area contributed by atoms with Crippen molar-refractivity contribution in [1.82, 2.24) is 10.3 Å². The van der Waals surface area contributed by atoms with Crippen molar-refractivity contribution in [3.63, 3.8) is 0 Å². The van der Waals surface area contributed by atoms with Crippen LogP contribution in [-0.2, 0) is 6.42 Å². The van der Waals surface area contributed by atoms with E-state index in [1.54, 1.807) is 0 Å². The van der Waals surface area contributed by atoms with Crippen molar-refractivity contribution < 1.29 is 0 Å². The van der Waals surface area contributed by atoms with E-state index in [1.165, 1.54) is 11.1 Å². The highest BCUT2D eigenvalue weighted by atomic mass is 14.9. The van der Waals surface area contributed by atoms with Gasteiger partial charge in [0.15, 0.2) is 0 Å². The monoisotopic (exact) mass is 204 g/mol. The highest BCUT2D eigenvalue weighted by molar-refractivity contribution is 5.11. The molecule has 1 unspecified atom stereocenters. The van der Waals surface area contributed by atoms with E-state index in [0.29, 0.717) is 6.04 Å². The number of nitrogens with one attached hydrogen (secondary N) is 1. The lowest BCUT2D eigenvalue weighted by atomic mass is 10.0. The molecule has 1 aromatic rings. The first-order valence-corrected chi connectivity index (χ1v) is 5.43. The smallest absolute Gasteiger partial charge is 0.0270 e. The lowest BCUT2D eigenvalue weighted by molar-refractivity contribution is 0.519. The Morgan fingerprint density at radius 3 is 2.67 bits per heavy atom. The predicted molar refractivity (Wildman–Crippen MR) is 64.8 cm³/mol. The van der Waals surface area contributed by atoms with Crippen molar-refractivity contribution in [3.05, 3.63) is 42.2 Å². The maximum absolute atomic E-state index is 4.02. The van der Waals surface area contributed by atoms with Gasteiger partial charge in [-0.3, -0.25) is 4.98 Å². The molecule has 0 saturated heterocycles. The maximum Gasteiger partial charge on any atom is 0.0270 e. The second-order valence-electron chi connectivity index (χ2n) is 4.04. The summed E-state index contributed by atoms with van der Waals surface area (Å²) in [6.45, 7) is 6.01. The van der Waals surface area contributed by atoms with Gasteiger partial charge in [0, 0.05) is 18.4 Å². The van der Waals surface area contributed by atoms with Crippen LogP contribution in [0.3, 0.4) is 0 Å². The minimum atomic E-state index is 0.532. The van der Waals surface area contributed by atoms with E-state index in [4.69, 9.17) is 0 Å². The van der Waals surface area contributed by atoms with Crippen LogP contribution in [0.2, 0.25) is 0 Å². The first-order chi connectivity index (χ1) is 7.22. The average molecular weight is 204 g/mol. The third kappa shape index (κ3) is 4.75. The molecule has 1 N–H and O–H groups in total. The van der Waals surface area contributed by atoms with Gasteiger partial charge in [-0.05, 0) is 50.9 Å². The van der Waals surface area contributed by atoms with Crippen LogP contribution < -0.4 is 5.32 Å². The molecule has 0 aliphatic carbocycles. The molecule has 1 aromatic heterocycles. The van der Waals surface area contributed by atoms with Gasteiger partial charge in [-0.25, -0.2) is 0 Å². The molecule has 82 valence electrons. The third-order valence-corrected chi connectivity index (χ3v) is 2.56. The molecule has 0 aliphatic heterocycles. The van der Waals surface area contributed by atoms with Gasteiger partial charge in [-0.15, -0.1) is 6.58 Å². The summed E-state index contributed by atoms with van der Waals surface area (Å²) in [4.78, 5) is 4.02. The summed E-state index contributed by atoms with van der Waals surface area (Å²) in [5, 5.41) is 3.34. The molecular formula is C13H20N2. The summed E-state index contributed by atoms with van der Waals surface area (Å²) in [7, 11) is 2.02. The number of pyridine rings is 1. The van der Waals surface area contributed by atoms with E-state index in [9.17, 15) is 0 Å². The Kier molecular flexibility index (Phi) is 5.05. The average Bonchev–Trinajstić information content (AvgIpc) is 2.25. The minimum absolute atomic E-state index is 0.532. The molecule has 0 bridgehead atoms. The van der Waals surface area contributed by atoms with Gasteiger partial charge in [0.2, 0.25) is 0 Å². The predicted octanol–water partition coefficient (Wildman–Crippen LogP) is 2.57. The first-order valence-electron chi connectivity index (χ1n) is 5.43. The molecule has 2 nitrogen and oxygen atoms in total. The van der Waals surface area contributed by atoms with Crippen LogP contribution in [0.15, 0.2) is 36.7 Å². The second kappa shape index (κ2) is 6.36. The van der Waals surface area contributed by atoms with Crippen LogP contribution >= 0.6 is 0 Å². The van der Waals surface area contributed by atoms with Crippen LogP contribution in [0.4, 0.5) is 0 Å². The fourth-order valence-corrected chi connectivity index (χ4v) is 1.57. The van der Waals surface area contributed by atoms with Crippen molar-refractivity contribution >= 4 is 0 Å². The molecule has 1 rings (SSSR count). The summed E-state index contributed by atoms with van der Waals surface area (Å²) in [5.74, 6) is 0. The van der Waals surface area contributed by atoms with E-state index < -0.39 is 0 Å². The molecule has 1 heterocycles. The lowest BCUT2D eigenvalue weighted by Crippen LogP contribution is -2.27. The number of likely N-dealkylation sites (N-methyl/N-ethyl adjacent to an activating group) is 1. The first kappa shape index (κ1) is 11.9. The highest BCUT2D eigenvalue weighted by Gasteiger charge is 2.06. The Labute approximate surface area is 92.4 Å². The number of hydrogen-bond acceptors (Lipinski definition) is 2. The number of allylic oxidation sites excluding steroid dienone is 1. The molecule has 1 atom stereocenters. The summed E-state index contributed by atoms with van der Waals surface area (Å²) >= 11 is 0. The zero-order valence-corrected chi connectivity index (χ0v) is 9.66. The third-order valence-electron chi connectivity index (χ3n) is 2.56. The summed E-state index contributed by atoms with van der Waals surface area (Å²) in [6.07, 6.45) is 7.00. The Morgan fingerprint density at radius 1 is 1.47 bits per heavy atom. The van der Waals surface area contributed by atoms with Gasteiger partial charge in [-0.1, -0.05) is 5.57 Å². The molecule has 15 heavy (non-hydrogen) atoms. The largest absolute Gasteiger partial charge is 0.317 e. The molecule has 0 radical (unpaired) electrons. The van der Waals surface area contributed by atoms with E-state index in [-0.39, 0.29) is 0 Å². The topological polar surface area (TPSA) is 24.9 Å². The Morgan fingerprint density at radius 2 is 2.13 bits per heavy atom. The fraction of sp³-hybridized carbons (Fsp3) is 0.462. The van der Waals surface area contributed by atoms with Gasteiger partial charge < -0.3 is 5.32 Å². The van der Waals surface area contributed by atoms with E-state index >= 15 is 0 Å². The van der Waals surface area contributed by atoms with Gasteiger partial charge in [-0.2, -0.15) is 0 Å². The standard InChI is InChI=1S/C13H20N2/c1-11(2)4-5-13(14-3)10-12-6-8-15-9-7-12/h6-9,13-14H,1,4-5,10H2,2-3H3. The van der Waals surface area contributed by atoms with Gasteiger partial charge >= 0.3 is 0 Å². The minimum Gasteiger partial charge on any atom is -0.317 e. The number of hydrogen-bond donors (Lipinski definition) is 1. The van der Waals surface area contributed by atoms with Gasteiger partial charge in [0.1, 0.15) is 0 Å².